The smallest absolute Gasteiger partial charge is 0.0931 e. The Bertz CT molecular complexity index is 308. The van der Waals surface area contributed by atoms with Gasteiger partial charge in [-0.3, -0.25) is 0 Å². The zero-order chi connectivity index (χ0) is 11.2. The topological polar surface area (TPSA) is 24.1 Å². The zero-order valence-electron chi connectivity index (χ0n) is 9.47. The van der Waals surface area contributed by atoms with Gasteiger partial charge >= 0.3 is 0 Å². The van der Waals surface area contributed by atoms with Crippen LogP contribution in [0.15, 0.2) is 12.1 Å². The molecule has 90 valence electrons. The van der Waals surface area contributed by atoms with Gasteiger partial charge in [0.05, 0.1) is 4.34 Å². The highest BCUT2D eigenvalue weighted by molar-refractivity contribution is 7.16. The van der Waals surface area contributed by atoms with E-state index in [1.807, 2.05) is 6.07 Å². The molecule has 2 N–H and O–H groups in total. The SMILES string of the molecule is Clc1ccc(CNCCCC2CCNC2)s1. The molecule has 1 aromatic rings. The lowest BCUT2D eigenvalue weighted by Gasteiger charge is -2.08. The van der Waals surface area contributed by atoms with Gasteiger partial charge in [0, 0.05) is 11.4 Å². The van der Waals surface area contributed by atoms with Gasteiger partial charge in [0.1, 0.15) is 0 Å². The summed E-state index contributed by atoms with van der Waals surface area (Å²) in [5.74, 6) is 0.915. The molecule has 0 saturated carbocycles. The molecule has 1 fully saturated rings. The van der Waals surface area contributed by atoms with Crippen LogP contribution in [0.4, 0.5) is 0 Å². The molecular formula is C12H19ClN2S. The monoisotopic (exact) mass is 258 g/mol. The van der Waals surface area contributed by atoms with Crippen molar-refractivity contribution in [3.8, 4) is 0 Å². The Morgan fingerprint density at radius 2 is 2.44 bits per heavy atom. The molecule has 0 spiro atoms. The lowest BCUT2D eigenvalue weighted by atomic mass is 10.0. The van der Waals surface area contributed by atoms with Crippen molar-refractivity contribution in [3.05, 3.63) is 21.3 Å². The van der Waals surface area contributed by atoms with Crippen molar-refractivity contribution in [1.29, 1.82) is 0 Å². The standard InChI is InChI=1S/C12H19ClN2S/c13-12-4-3-11(16-12)9-14-6-1-2-10-5-7-15-8-10/h3-4,10,14-15H,1-2,5-9H2. The predicted octanol–water partition coefficient (Wildman–Crippen LogP) is 2.88. The third kappa shape index (κ3) is 4.06. The van der Waals surface area contributed by atoms with Gasteiger partial charge < -0.3 is 10.6 Å². The van der Waals surface area contributed by atoms with Crippen molar-refractivity contribution < 1.29 is 0 Å². The lowest BCUT2D eigenvalue weighted by molar-refractivity contribution is 0.493. The molecule has 16 heavy (non-hydrogen) atoms. The van der Waals surface area contributed by atoms with Crippen LogP contribution in [-0.4, -0.2) is 19.6 Å². The fraction of sp³-hybridized carbons (Fsp3) is 0.667. The van der Waals surface area contributed by atoms with Crippen LogP contribution in [-0.2, 0) is 6.54 Å². The van der Waals surface area contributed by atoms with E-state index in [1.165, 1.54) is 37.2 Å². The minimum atomic E-state index is 0.883. The quantitative estimate of drug-likeness (QED) is 0.767. The van der Waals surface area contributed by atoms with Gasteiger partial charge in [0.25, 0.3) is 0 Å². The van der Waals surface area contributed by atoms with E-state index in [0.717, 1.165) is 23.3 Å². The highest BCUT2D eigenvalue weighted by Crippen LogP contribution is 2.21. The summed E-state index contributed by atoms with van der Waals surface area (Å²) in [5.41, 5.74) is 0. The highest BCUT2D eigenvalue weighted by Gasteiger charge is 2.13. The van der Waals surface area contributed by atoms with Crippen LogP contribution in [0.3, 0.4) is 0 Å². The number of nitrogens with one attached hydrogen (secondary N) is 2. The summed E-state index contributed by atoms with van der Waals surface area (Å²) >= 11 is 7.53. The Hall–Kier alpha value is -0.0900. The summed E-state index contributed by atoms with van der Waals surface area (Å²) in [4.78, 5) is 1.33. The average molecular weight is 259 g/mol. The molecule has 0 aliphatic carbocycles. The molecule has 0 aromatic carbocycles. The minimum Gasteiger partial charge on any atom is -0.316 e. The van der Waals surface area contributed by atoms with Gasteiger partial charge in [0.2, 0.25) is 0 Å². The molecule has 2 rings (SSSR count). The summed E-state index contributed by atoms with van der Waals surface area (Å²) in [6.07, 6.45) is 4.00. The Balaban J connectivity index is 1.51. The highest BCUT2D eigenvalue weighted by atomic mass is 35.5. The van der Waals surface area contributed by atoms with Gasteiger partial charge in [-0.05, 0) is 56.9 Å². The molecule has 0 radical (unpaired) electrons. The summed E-state index contributed by atoms with van der Waals surface area (Å²) < 4.78 is 0.883. The van der Waals surface area contributed by atoms with E-state index in [2.05, 4.69) is 16.7 Å². The Morgan fingerprint density at radius 3 is 3.12 bits per heavy atom. The summed E-state index contributed by atoms with van der Waals surface area (Å²) in [7, 11) is 0. The van der Waals surface area contributed by atoms with E-state index in [9.17, 15) is 0 Å². The van der Waals surface area contributed by atoms with Crippen LogP contribution in [0, 0.1) is 5.92 Å². The molecule has 1 unspecified atom stereocenters. The Kier molecular flexibility index (Phi) is 5.10. The number of thiophene rings is 1. The van der Waals surface area contributed by atoms with Crippen molar-refractivity contribution >= 4 is 22.9 Å². The van der Waals surface area contributed by atoms with Crippen molar-refractivity contribution in [3.63, 3.8) is 0 Å². The third-order valence-corrected chi connectivity index (χ3v) is 4.29. The van der Waals surface area contributed by atoms with E-state index in [1.54, 1.807) is 11.3 Å². The number of hydrogen-bond acceptors (Lipinski definition) is 3. The molecule has 2 nitrogen and oxygen atoms in total. The normalized spacial score (nSPS) is 20.4. The van der Waals surface area contributed by atoms with E-state index in [0.29, 0.717) is 0 Å². The summed E-state index contributed by atoms with van der Waals surface area (Å²) in [6.45, 7) is 4.51. The predicted molar refractivity (Wildman–Crippen MR) is 71.2 cm³/mol. The Labute approximate surface area is 106 Å². The van der Waals surface area contributed by atoms with Gasteiger partial charge in [-0.15, -0.1) is 11.3 Å². The van der Waals surface area contributed by atoms with Gasteiger partial charge in [0.15, 0.2) is 0 Å². The van der Waals surface area contributed by atoms with E-state index >= 15 is 0 Å². The fourth-order valence-corrected chi connectivity index (χ4v) is 3.19. The number of hydrogen-bond donors (Lipinski definition) is 2. The van der Waals surface area contributed by atoms with E-state index in [-0.39, 0.29) is 0 Å². The van der Waals surface area contributed by atoms with Crippen LogP contribution in [0.5, 0.6) is 0 Å². The van der Waals surface area contributed by atoms with Crippen molar-refractivity contribution in [2.45, 2.75) is 25.8 Å². The second-order valence-electron chi connectivity index (χ2n) is 4.38. The fourth-order valence-electron chi connectivity index (χ4n) is 2.13. The molecule has 1 aromatic heterocycles. The van der Waals surface area contributed by atoms with Crippen LogP contribution in [0.1, 0.15) is 24.1 Å². The maximum absolute atomic E-state index is 5.87. The third-order valence-electron chi connectivity index (χ3n) is 3.06. The second kappa shape index (κ2) is 6.60. The van der Waals surface area contributed by atoms with Crippen LogP contribution in [0.2, 0.25) is 4.34 Å². The van der Waals surface area contributed by atoms with Gasteiger partial charge in [-0.25, -0.2) is 0 Å². The summed E-state index contributed by atoms with van der Waals surface area (Å²) in [6, 6.07) is 4.06. The van der Waals surface area contributed by atoms with Gasteiger partial charge in [-0.2, -0.15) is 0 Å². The first kappa shape index (κ1) is 12.4. The first-order chi connectivity index (χ1) is 7.84. The number of rotatable bonds is 6. The zero-order valence-corrected chi connectivity index (χ0v) is 11.0. The number of halogens is 1. The first-order valence-electron chi connectivity index (χ1n) is 6.00. The molecule has 1 aliphatic rings. The van der Waals surface area contributed by atoms with Crippen LogP contribution < -0.4 is 10.6 Å². The maximum Gasteiger partial charge on any atom is 0.0931 e. The summed E-state index contributed by atoms with van der Waals surface area (Å²) in [5, 5.41) is 6.88. The van der Waals surface area contributed by atoms with E-state index in [4.69, 9.17) is 11.6 Å². The molecular weight excluding hydrogens is 240 g/mol. The Morgan fingerprint density at radius 1 is 1.50 bits per heavy atom. The maximum atomic E-state index is 5.87. The van der Waals surface area contributed by atoms with Crippen molar-refractivity contribution in [2.24, 2.45) is 5.92 Å². The lowest BCUT2D eigenvalue weighted by Crippen LogP contribution is -2.16. The molecule has 1 aliphatic heterocycles. The largest absolute Gasteiger partial charge is 0.316 e. The molecule has 4 heteroatoms. The minimum absolute atomic E-state index is 0.883. The van der Waals surface area contributed by atoms with Crippen LogP contribution in [0.25, 0.3) is 0 Å². The van der Waals surface area contributed by atoms with Crippen molar-refractivity contribution in [2.75, 3.05) is 19.6 Å². The first-order valence-corrected chi connectivity index (χ1v) is 7.19. The molecule has 1 atom stereocenters. The van der Waals surface area contributed by atoms with Gasteiger partial charge in [-0.1, -0.05) is 11.6 Å². The molecule has 2 heterocycles. The van der Waals surface area contributed by atoms with Crippen LogP contribution >= 0.6 is 22.9 Å². The second-order valence-corrected chi connectivity index (χ2v) is 6.18. The average Bonchev–Trinajstić information content (AvgIpc) is 2.89. The van der Waals surface area contributed by atoms with E-state index < -0.39 is 0 Å². The molecule has 0 amide bonds. The molecule has 0 bridgehead atoms. The van der Waals surface area contributed by atoms with Crippen molar-refractivity contribution in [1.82, 2.24) is 10.6 Å². The molecule has 1 saturated heterocycles.